The van der Waals surface area contributed by atoms with Crippen LogP contribution in [0, 0.1) is 19.7 Å². The highest BCUT2D eigenvalue weighted by molar-refractivity contribution is 5.95. The third-order valence-corrected chi connectivity index (χ3v) is 3.49. The molecule has 1 N–H and O–H groups in total. The Bertz CT molecular complexity index is 622. The van der Waals surface area contributed by atoms with Gasteiger partial charge in [0, 0.05) is 12.1 Å². The molecule has 0 aliphatic carbocycles. The Morgan fingerprint density at radius 2 is 1.85 bits per heavy atom. The predicted molar refractivity (Wildman–Crippen MR) is 78.4 cm³/mol. The van der Waals surface area contributed by atoms with Gasteiger partial charge in [0.2, 0.25) is 0 Å². The van der Waals surface area contributed by atoms with Crippen molar-refractivity contribution in [2.45, 2.75) is 20.3 Å². The quantitative estimate of drug-likeness (QED) is 0.907. The van der Waals surface area contributed by atoms with Gasteiger partial charge in [-0.2, -0.15) is 0 Å². The average Bonchev–Trinajstić information content (AvgIpc) is 2.44. The summed E-state index contributed by atoms with van der Waals surface area (Å²) in [6, 6.07) is 12.3. The van der Waals surface area contributed by atoms with Gasteiger partial charge in [-0.3, -0.25) is 4.79 Å². The molecule has 2 aromatic rings. The van der Waals surface area contributed by atoms with E-state index in [0.29, 0.717) is 24.1 Å². The number of carbonyl (C=O) groups excluding carboxylic acids is 1. The van der Waals surface area contributed by atoms with Crippen LogP contribution in [0.3, 0.4) is 0 Å². The minimum Gasteiger partial charge on any atom is -0.352 e. The standard InChI is InChI=1S/C17H18FNO/c1-12-6-5-8-15(13(12)2)17(20)19-11-10-14-7-3-4-9-16(14)18/h3-9H,10-11H2,1-2H3,(H,19,20). The lowest BCUT2D eigenvalue weighted by atomic mass is 10.0. The normalized spacial score (nSPS) is 10.3. The van der Waals surface area contributed by atoms with E-state index in [0.717, 1.165) is 11.1 Å². The molecule has 3 heteroatoms. The lowest BCUT2D eigenvalue weighted by Gasteiger charge is -2.09. The summed E-state index contributed by atoms with van der Waals surface area (Å²) in [4.78, 5) is 12.1. The Morgan fingerprint density at radius 3 is 2.60 bits per heavy atom. The summed E-state index contributed by atoms with van der Waals surface area (Å²) in [7, 11) is 0. The summed E-state index contributed by atoms with van der Waals surface area (Å²) in [5.74, 6) is -0.337. The molecule has 0 saturated carbocycles. The first-order chi connectivity index (χ1) is 9.59. The van der Waals surface area contributed by atoms with Crippen molar-refractivity contribution in [3.05, 3.63) is 70.5 Å². The van der Waals surface area contributed by atoms with E-state index in [1.807, 2.05) is 26.0 Å². The molecule has 0 aliphatic rings. The van der Waals surface area contributed by atoms with E-state index in [9.17, 15) is 9.18 Å². The van der Waals surface area contributed by atoms with Gasteiger partial charge in [-0.1, -0.05) is 30.3 Å². The number of benzene rings is 2. The first kappa shape index (κ1) is 14.3. The zero-order valence-corrected chi connectivity index (χ0v) is 11.7. The smallest absolute Gasteiger partial charge is 0.251 e. The van der Waals surface area contributed by atoms with Crippen molar-refractivity contribution in [3.63, 3.8) is 0 Å². The van der Waals surface area contributed by atoms with Crippen LogP contribution in [-0.4, -0.2) is 12.5 Å². The minimum absolute atomic E-state index is 0.109. The van der Waals surface area contributed by atoms with E-state index in [1.165, 1.54) is 6.07 Å². The second-order valence-electron chi connectivity index (χ2n) is 4.84. The van der Waals surface area contributed by atoms with Crippen LogP contribution in [-0.2, 0) is 6.42 Å². The second kappa shape index (κ2) is 6.33. The zero-order valence-electron chi connectivity index (χ0n) is 11.7. The Hall–Kier alpha value is -2.16. The van der Waals surface area contributed by atoms with Crippen molar-refractivity contribution in [3.8, 4) is 0 Å². The molecule has 2 nitrogen and oxygen atoms in total. The van der Waals surface area contributed by atoms with Crippen LogP contribution in [0.5, 0.6) is 0 Å². The van der Waals surface area contributed by atoms with Gasteiger partial charge in [0.05, 0.1) is 0 Å². The van der Waals surface area contributed by atoms with E-state index in [2.05, 4.69) is 5.32 Å². The van der Waals surface area contributed by atoms with Crippen molar-refractivity contribution in [2.24, 2.45) is 0 Å². The van der Waals surface area contributed by atoms with Gasteiger partial charge in [0.1, 0.15) is 5.82 Å². The predicted octanol–water partition coefficient (Wildman–Crippen LogP) is 3.42. The number of amides is 1. The van der Waals surface area contributed by atoms with Crippen molar-refractivity contribution in [1.82, 2.24) is 5.32 Å². The van der Waals surface area contributed by atoms with Crippen LogP contribution in [0.25, 0.3) is 0 Å². The van der Waals surface area contributed by atoms with Crippen LogP contribution < -0.4 is 5.32 Å². The molecule has 0 saturated heterocycles. The van der Waals surface area contributed by atoms with Crippen molar-refractivity contribution in [2.75, 3.05) is 6.54 Å². The molecule has 0 spiro atoms. The SMILES string of the molecule is Cc1cccc(C(=O)NCCc2ccccc2F)c1C. The van der Waals surface area contributed by atoms with Gasteiger partial charge < -0.3 is 5.32 Å². The summed E-state index contributed by atoms with van der Waals surface area (Å²) in [6.07, 6.45) is 0.489. The number of hydrogen-bond acceptors (Lipinski definition) is 1. The van der Waals surface area contributed by atoms with Crippen LogP contribution in [0.4, 0.5) is 4.39 Å². The fourth-order valence-electron chi connectivity index (χ4n) is 2.10. The lowest BCUT2D eigenvalue weighted by Crippen LogP contribution is -2.26. The fourth-order valence-corrected chi connectivity index (χ4v) is 2.10. The monoisotopic (exact) mass is 271 g/mol. The number of rotatable bonds is 4. The minimum atomic E-state index is -0.228. The number of hydrogen-bond donors (Lipinski definition) is 1. The van der Waals surface area contributed by atoms with Gasteiger partial charge >= 0.3 is 0 Å². The van der Waals surface area contributed by atoms with E-state index >= 15 is 0 Å². The first-order valence-corrected chi connectivity index (χ1v) is 6.67. The molecular formula is C17H18FNO. The number of nitrogens with one attached hydrogen (secondary N) is 1. The molecule has 0 heterocycles. The molecule has 0 bridgehead atoms. The van der Waals surface area contributed by atoms with E-state index in [1.54, 1.807) is 24.3 Å². The Kier molecular flexibility index (Phi) is 4.51. The topological polar surface area (TPSA) is 29.1 Å². The number of halogens is 1. The summed E-state index contributed by atoms with van der Waals surface area (Å²) >= 11 is 0. The zero-order chi connectivity index (χ0) is 14.5. The number of aryl methyl sites for hydroxylation is 1. The summed E-state index contributed by atoms with van der Waals surface area (Å²) < 4.78 is 13.4. The number of carbonyl (C=O) groups is 1. The molecule has 0 radical (unpaired) electrons. The van der Waals surface area contributed by atoms with E-state index in [4.69, 9.17) is 0 Å². The van der Waals surface area contributed by atoms with Crippen molar-refractivity contribution < 1.29 is 9.18 Å². The van der Waals surface area contributed by atoms with E-state index in [-0.39, 0.29) is 11.7 Å². The second-order valence-corrected chi connectivity index (χ2v) is 4.84. The maximum atomic E-state index is 13.4. The molecule has 104 valence electrons. The summed E-state index contributed by atoms with van der Waals surface area (Å²) in [5, 5.41) is 2.84. The Labute approximate surface area is 118 Å². The summed E-state index contributed by atoms with van der Waals surface area (Å²) in [5.41, 5.74) is 3.37. The molecule has 2 rings (SSSR count). The molecule has 1 amide bonds. The van der Waals surface area contributed by atoms with E-state index < -0.39 is 0 Å². The first-order valence-electron chi connectivity index (χ1n) is 6.67. The molecule has 0 aliphatic heterocycles. The highest BCUT2D eigenvalue weighted by Crippen LogP contribution is 2.12. The maximum Gasteiger partial charge on any atom is 0.251 e. The van der Waals surface area contributed by atoms with Gasteiger partial charge in [0.25, 0.3) is 5.91 Å². The van der Waals surface area contributed by atoms with Crippen LogP contribution in [0.2, 0.25) is 0 Å². The molecule has 0 fully saturated rings. The van der Waals surface area contributed by atoms with Gasteiger partial charge in [-0.05, 0) is 49.1 Å². The molecular weight excluding hydrogens is 253 g/mol. The average molecular weight is 271 g/mol. The van der Waals surface area contributed by atoms with Gasteiger partial charge in [-0.15, -0.1) is 0 Å². The summed E-state index contributed by atoms with van der Waals surface area (Å²) in [6.45, 7) is 4.33. The van der Waals surface area contributed by atoms with Gasteiger partial charge in [-0.25, -0.2) is 4.39 Å². The van der Waals surface area contributed by atoms with Crippen LogP contribution >= 0.6 is 0 Å². The van der Waals surface area contributed by atoms with Crippen molar-refractivity contribution in [1.29, 1.82) is 0 Å². The van der Waals surface area contributed by atoms with Crippen LogP contribution in [0.15, 0.2) is 42.5 Å². The molecule has 20 heavy (non-hydrogen) atoms. The Balaban J connectivity index is 1.96. The molecule has 0 aromatic heterocycles. The maximum absolute atomic E-state index is 13.4. The van der Waals surface area contributed by atoms with Crippen molar-refractivity contribution >= 4 is 5.91 Å². The highest BCUT2D eigenvalue weighted by Gasteiger charge is 2.09. The fraction of sp³-hybridized carbons (Fsp3) is 0.235. The lowest BCUT2D eigenvalue weighted by molar-refractivity contribution is 0.0953. The third-order valence-electron chi connectivity index (χ3n) is 3.49. The third kappa shape index (κ3) is 3.23. The Morgan fingerprint density at radius 1 is 1.10 bits per heavy atom. The van der Waals surface area contributed by atoms with Crippen LogP contribution in [0.1, 0.15) is 27.0 Å². The largest absolute Gasteiger partial charge is 0.352 e. The molecule has 0 unspecified atom stereocenters. The highest BCUT2D eigenvalue weighted by atomic mass is 19.1. The van der Waals surface area contributed by atoms with Gasteiger partial charge in [0.15, 0.2) is 0 Å². The molecule has 2 aromatic carbocycles. The molecule has 0 atom stereocenters.